The van der Waals surface area contributed by atoms with Gasteiger partial charge in [-0.25, -0.2) is 4.79 Å². The number of methoxy groups -OCH3 is 2. The van der Waals surface area contributed by atoms with Crippen LogP contribution in [0.4, 0.5) is 4.79 Å². The van der Waals surface area contributed by atoms with Crippen molar-refractivity contribution in [3.63, 3.8) is 0 Å². The summed E-state index contributed by atoms with van der Waals surface area (Å²) in [5.41, 5.74) is 5.56. The minimum atomic E-state index is -0.589. The number of hydrogen-bond donors (Lipinski definition) is 2. The zero-order chi connectivity index (χ0) is 15.7. The molecule has 0 aliphatic rings. The quantitative estimate of drug-likeness (QED) is 0.597. The largest absolute Gasteiger partial charge is 0.481 e. The van der Waals surface area contributed by atoms with Gasteiger partial charge in [0, 0.05) is 18.5 Å². The number of amides is 2. The van der Waals surface area contributed by atoms with Crippen LogP contribution in [0.2, 0.25) is 0 Å². The summed E-state index contributed by atoms with van der Waals surface area (Å²) < 4.78 is 9.99. The molecule has 0 radical (unpaired) electrons. The van der Waals surface area contributed by atoms with Gasteiger partial charge in [-0.2, -0.15) is 9.97 Å². The Balaban J connectivity index is 2.80. The molecule has 0 aliphatic carbocycles. The van der Waals surface area contributed by atoms with E-state index in [0.717, 1.165) is 0 Å². The second-order valence-electron chi connectivity index (χ2n) is 4.02. The van der Waals surface area contributed by atoms with Gasteiger partial charge in [-0.05, 0) is 12.3 Å². The number of nitrogens with one attached hydrogen (secondary N) is 1. The zero-order valence-corrected chi connectivity index (χ0v) is 12.0. The van der Waals surface area contributed by atoms with Crippen LogP contribution in [0.5, 0.6) is 11.9 Å². The first kappa shape index (κ1) is 16.3. The van der Waals surface area contributed by atoms with Gasteiger partial charge in [0.05, 0.1) is 14.2 Å². The molecular weight excluding hydrogens is 272 g/mol. The van der Waals surface area contributed by atoms with Gasteiger partial charge < -0.3 is 20.5 Å². The van der Waals surface area contributed by atoms with Gasteiger partial charge in [-0.15, -0.1) is 6.58 Å². The van der Waals surface area contributed by atoms with E-state index in [4.69, 9.17) is 15.2 Å². The van der Waals surface area contributed by atoms with Crippen LogP contribution < -0.4 is 20.5 Å². The van der Waals surface area contributed by atoms with Crippen LogP contribution in [-0.4, -0.2) is 36.3 Å². The molecule has 1 aromatic heterocycles. The number of hydrogen-bond acceptors (Lipinski definition) is 5. The average molecular weight is 290 g/mol. The molecule has 1 aromatic rings. The number of carbonyl (C=O) groups is 1. The molecule has 0 saturated carbocycles. The van der Waals surface area contributed by atoms with Crippen molar-refractivity contribution in [2.24, 2.45) is 5.73 Å². The molecule has 1 heterocycles. The minimum Gasteiger partial charge on any atom is -0.481 e. The molecule has 2 amide bonds. The van der Waals surface area contributed by atoms with Crippen LogP contribution in [0.15, 0.2) is 18.7 Å². The van der Waals surface area contributed by atoms with Gasteiger partial charge in [-0.3, -0.25) is 0 Å². The van der Waals surface area contributed by atoms with E-state index in [-0.39, 0.29) is 12.1 Å². The highest BCUT2D eigenvalue weighted by atomic mass is 16.5. The maximum absolute atomic E-state index is 10.9. The summed E-state index contributed by atoms with van der Waals surface area (Å²) in [6.07, 6.45) is 2.69. The summed E-state index contributed by atoms with van der Waals surface area (Å²) in [5.74, 6) is 6.16. The van der Waals surface area contributed by atoms with Crippen LogP contribution in [0.3, 0.4) is 0 Å². The number of nitrogens with two attached hydrogens (primary N) is 1. The molecular formula is C14H18N4O3. The predicted molar refractivity (Wildman–Crippen MR) is 78.0 cm³/mol. The molecule has 7 nitrogen and oxygen atoms in total. The van der Waals surface area contributed by atoms with Crippen LogP contribution in [0.1, 0.15) is 18.5 Å². The topological polar surface area (TPSA) is 99.4 Å². The van der Waals surface area contributed by atoms with E-state index in [1.807, 2.05) is 0 Å². The molecule has 3 N–H and O–H groups in total. The van der Waals surface area contributed by atoms with E-state index in [1.165, 1.54) is 14.2 Å². The predicted octanol–water partition coefficient (Wildman–Crippen LogP) is 0.848. The highest BCUT2D eigenvalue weighted by Crippen LogP contribution is 2.12. The lowest BCUT2D eigenvalue weighted by Crippen LogP contribution is -2.38. The molecule has 0 bridgehead atoms. The molecule has 0 aliphatic heterocycles. The molecule has 21 heavy (non-hydrogen) atoms. The number of nitrogens with zero attached hydrogens (tertiary/aromatic N) is 2. The third kappa shape index (κ3) is 5.82. The number of rotatable bonds is 6. The lowest BCUT2D eigenvalue weighted by Gasteiger charge is -2.11. The highest BCUT2D eigenvalue weighted by molar-refractivity contribution is 5.72. The summed E-state index contributed by atoms with van der Waals surface area (Å²) in [5, 5.41) is 2.60. The molecule has 0 aromatic carbocycles. The fourth-order valence-corrected chi connectivity index (χ4v) is 1.52. The Kier molecular flexibility index (Phi) is 6.54. The average Bonchev–Trinajstić information content (AvgIpc) is 2.46. The highest BCUT2D eigenvalue weighted by Gasteiger charge is 2.07. The van der Waals surface area contributed by atoms with E-state index in [0.29, 0.717) is 24.4 Å². The molecule has 112 valence electrons. The molecule has 7 heteroatoms. The van der Waals surface area contributed by atoms with E-state index >= 15 is 0 Å². The summed E-state index contributed by atoms with van der Waals surface area (Å²) in [7, 11) is 2.96. The first-order valence-electron chi connectivity index (χ1n) is 6.21. The van der Waals surface area contributed by atoms with Gasteiger partial charge in [0.2, 0.25) is 5.88 Å². The number of ether oxygens (including phenoxy) is 2. The Morgan fingerprint density at radius 3 is 2.86 bits per heavy atom. The maximum atomic E-state index is 10.9. The van der Waals surface area contributed by atoms with E-state index < -0.39 is 6.03 Å². The Morgan fingerprint density at radius 2 is 2.29 bits per heavy atom. The number of primary amides is 1. The van der Waals surface area contributed by atoms with Crippen molar-refractivity contribution in [2.75, 3.05) is 14.2 Å². The Bertz CT molecular complexity index is 541. The lowest BCUT2D eigenvalue weighted by molar-refractivity contribution is 0.245. The molecule has 1 atom stereocenters. The lowest BCUT2D eigenvalue weighted by atomic mass is 10.1. The van der Waals surface area contributed by atoms with Gasteiger partial charge >= 0.3 is 12.0 Å². The second-order valence-corrected chi connectivity index (χ2v) is 4.02. The summed E-state index contributed by atoms with van der Waals surface area (Å²) in [4.78, 5) is 18.9. The fourth-order valence-electron chi connectivity index (χ4n) is 1.52. The standard InChI is InChI=1S/C14H18N4O3/c1-4-6-10(16-13(15)19)7-5-8-11-9-12(20-2)18-14(17-11)21-3/h4,9-10H,1,6-7H2,2-3H3,(H3,15,16,19)/t10-/m1/s1. The molecule has 0 unspecified atom stereocenters. The molecule has 0 fully saturated rings. The van der Waals surface area contributed by atoms with Crippen LogP contribution in [-0.2, 0) is 0 Å². The molecule has 0 spiro atoms. The van der Waals surface area contributed by atoms with Gasteiger partial charge in [0.25, 0.3) is 0 Å². The van der Waals surface area contributed by atoms with Crippen molar-refractivity contribution in [1.29, 1.82) is 0 Å². The zero-order valence-electron chi connectivity index (χ0n) is 12.0. The SMILES string of the molecule is C=CC[C@H](CC#Cc1cc(OC)nc(OC)n1)NC(N)=O. The minimum absolute atomic E-state index is 0.177. The Morgan fingerprint density at radius 1 is 1.52 bits per heavy atom. The summed E-state index contributed by atoms with van der Waals surface area (Å²) >= 11 is 0. The maximum Gasteiger partial charge on any atom is 0.320 e. The first-order valence-corrected chi connectivity index (χ1v) is 6.21. The van der Waals surface area contributed by atoms with Crippen LogP contribution in [0, 0.1) is 11.8 Å². The van der Waals surface area contributed by atoms with Gasteiger partial charge in [-0.1, -0.05) is 12.0 Å². The van der Waals surface area contributed by atoms with Crippen molar-refractivity contribution >= 4 is 6.03 Å². The molecule has 1 rings (SSSR count). The van der Waals surface area contributed by atoms with Crippen molar-refractivity contribution in [3.05, 3.63) is 24.4 Å². The Hall–Kier alpha value is -2.75. The third-order valence-electron chi connectivity index (χ3n) is 2.44. The van der Waals surface area contributed by atoms with Crippen molar-refractivity contribution in [2.45, 2.75) is 18.9 Å². The fraction of sp³-hybridized carbons (Fsp3) is 0.357. The number of carbonyl (C=O) groups excluding carboxylic acids is 1. The number of aromatic nitrogens is 2. The van der Waals surface area contributed by atoms with Crippen LogP contribution in [0.25, 0.3) is 0 Å². The Labute approximate surface area is 123 Å². The van der Waals surface area contributed by atoms with E-state index in [1.54, 1.807) is 12.1 Å². The molecule has 0 saturated heterocycles. The van der Waals surface area contributed by atoms with Gasteiger partial charge in [0.15, 0.2) is 0 Å². The van der Waals surface area contributed by atoms with Gasteiger partial charge in [0.1, 0.15) is 5.69 Å². The first-order chi connectivity index (χ1) is 10.1. The monoisotopic (exact) mass is 290 g/mol. The van der Waals surface area contributed by atoms with E-state index in [9.17, 15) is 4.79 Å². The number of urea groups is 1. The normalized spacial score (nSPS) is 10.8. The van der Waals surface area contributed by atoms with E-state index in [2.05, 4.69) is 33.7 Å². The van der Waals surface area contributed by atoms with Crippen molar-refractivity contribution < 1.29 is 14.3 Å². The third-order valence-corrected chi connectivity index (χ3v) is 2.44. The van der Waals surface area contributed by atoms with Crippen molar-refractivity contribution in [3.8, 4) is 23.7 Å². The van der Waals surface area contributed by atoms with Crippen LogP contribution >= 0.6 is 0 Å². The summed E-state index contributed by atoms with van der Waals surface area (Å²) in [6, 6.07) is 1.00. The smallest absolute Gasteiger partial charge is 0.320 e. The summed E-state index contributed by atoms with van der Waals surface area (Å²) in [6.45, 7) is 3.63. The second kappa shape index (κ2) is 8.43. The van der Waals surface area contributed by atoms with Crippen molar-refractivity contribution in [1.82, 2.24) is 15.3 Å².